The van der Waals surface area contributed by atoms with Crippen LogP contribution in [0.15, 0.2) is 72.8 Å². The van der Waals surface area contributed by atoms with Gasteiger partial charge in [-0.25, -0.2) is 4.39 Å². The van der Waals surface area contributed by atoms with Crippen LogP contribution in [-0.2, 0) is 11.3 Å². The number of halogens is 1. The minimum Gasteiger partial charge on any atom is -0.491 e. The number of amides is 2. The van der Waals surface area contributed by atoms with Crippen LogP contribution >= 0.6 is 0 Å². The first-order valence-corrected chi connectivity index (χ1v) is 12.1. The molecule has 1 saturated heterocycles. The van der Waals surface area contributed by atoms with Gasteiger partial charge in [0.05, 0.1) is 6.10 Å². The summed E-state index contributed by atoms with van der Waals surface area (Å²) in [6, 6.07) is 20.5. The quantitative estimate of drug-likeness (QED) is 0.486. The van der Waals surface area contributed by atoms with Gasteiger partial charge >= 0.3 is 0 Å². The van der Waals surface area contributed by atoms with Crippen LogP contribution in [0.3, 0.4) is 0 Å². The summed E-state index contributed by atoms with van der Waals surface area (Å²) in [7, 11) is 0. The van der Waals surface area contributed by atoms with Crippen molar-refractivity contribution in [2.75, 3.05) is 6.54 Å². The number of hydrogen-bond donors (Lipinski definition) is 1. The average molecular weight is 475 g/mol. The molecule has 0 aromatic heterocycles. The van der Waals surface area contributed by atoms with Gasteiger partial charge in [0.2, 0.25) is 5.91 Å². The van der Waals surface area contributed by atoms with E-state index >= 15 is 0 Å². The maximum absolute atomic E-state index is 13.8. The molecule has 3 aromatic rings. The number of nitrogens with zero attached hydrogens (tertiary/aromatic N) is 1. The minimum atomic E-state index is -0.561. The molecular weight excluding hydrogens is 443 g/mol. The van der Waals surface area contributed by atoms with E-state index in [2.05, 4.69) is 5.32 Å². The predicted molar refractivity (Wildman–Crippen MR) is 135 cm³/mol. The molecule has 1 aliphatic heterocycles. The van der Waals surface area contributed by atoms with Crippen molar-refractivity contribution in [2.45, 2.75) is 51.8 Å². The van der Waals surface area contributed by atoms with E-state index in [0.717, 1.165) is 29.7 Å². The van der Waals surface area contributed by atoms with E-state index in [1.165, 1.54) is 12.1 Å². The highest BCUT2D eigenvalue weighted by molar-refractivity contribution is 5.98. The summed E-state index contributed by atoms with van der Waals surface area (Å²) in [4.78, 5) is 28.4. The van der Waals surface area contributed by atoms with Gasteiger partial charge in [-0.15, -0.1) is 0 Å². The van der Waals surface area contributed by atoms with E-state index in [0.29, 0.717) is 30.6 Å². The standard InChI is InChI=1S/C29H31FN2O3/c1-20(2)35-26-14-12-21(13-15-26)19-32(27-11-3-4-16-31-28(27)33)29(34)24-9-5-7-22(17-24)23-8-6-10-25(30)18-23/h5-10,12-15,17-18,20,27H,3-4,11,16,19H2,1-2H3,(H,31,33)/t27-/m0/s1. The first-order chi connectivity index (χ1) is 16.9. The number of carbonyl (C=O) groups excluding carboxylic acids is 2. The van der Waals surface area contributed by atoms with Crippen molar-refractivity contribution in [1.29, 1.82) is 0 Å². The highest BCUT2D eigenvalue weighted by Gasteiger charge is 2.31. The lowest BCUT2D eigenvalue weighted by Gasteiger charge is -2.30. The predicted octanol–water partition coefficient (Wildman–Crippen LogP) is 5.59. The Morgan fingerprint density at radius 3 is 2.46 bits per heavy atom. The molecule has 0 unspecified atom stereocenters. The van der Waals surface area contributed by atoms with Crippen LogP contribution in [0.2, 0.25) is 0 Å². The van der Waals surface area contributed by atoms with Crippen LogP contribution in [-0.4, -0.2) is 35.4 Å². The SMILES string of the molecule is CC(C)Oc1ccc(CN(C(=O)c2cccc(-c3cccc(F)c3)c2)[C@H]2CCCCNC2=O)cc1. The van der Waals surface area contributed by atoms with Gasteiger partial charge in [-0.05, 0) is 86.2 Å². The maximum atomic E-state index is 13.8. The fraction of sp³-hybridized carbons (Fsp3) is 0.310. The van der Waals surface area contributed by atoms with Crippen LogP contribution < -0.4 is 10.1 Å². The Hall–Kier alpha value is -3.67. The molecule has 1 N–H and O–H groups in total. The average Bonchev–Trinajstić information content (AvgIpc) is 3.07. The molecule has 2 amide bonds. The van der Waals surface area contributed by atoms with Crippen LogP contribution in [0.1, 0.15) is 49.0 Å². The molecule has 0 bridgehead atoms. The highest BCUT2D eigenvalue weighted by Crippen LogP contribution is 2.25. The Morgan fingerprint density at radius 2 is 1.74 bits per heavy atom. The molecular formula is C29H31FN2O3. The van der Waals surface area contributed by atoms with Gasteiger partial charge in [-0.1, -0.05) is 36.4 Å². The number of rotatable bonds is 7. The van der Waals surface area contributed by atoms with E-state index < -0.39 is 6.04 Å². The maximum Gasteiger partial charge on any atom is 0.254 e. The van der Waals surface area contributed by atoms with Crippen LogP contribution in [0.5, 0.6) is 5.75 Å². The van der Waals surface area contributed by atoms with Crippen LogP contribution in [0.25, 0.3) is 11.1 Å². The Kier molecular flexibility index (Phi) is 7.80. The summed E-state index contributed by atoms with van der Waals surface area (Å²) < 4.78 is 19.5. The highest BCUT2D eigenvalue weighted by atomic mass is 19.1. The Morgan fingerprint density at radius 1 is 1.03 bits per heavy atom. The smallest absolute Gasteiger partial charge is 0.254 e. The van der Waals surface area contributed by atoms with Crippen molar-refractivity contribution in [3.05, 3.63) is 89.7 Å². The van der Waals surface area contributed by atoms with Gasteiger partial charge in [0.15, 0.2) is 0 Å². The molecule has 0 spiro atoms. The molecule has 35 heavy (non-hydrogen) atoms. The van der Waals surface area contributed by atoms with E-state index in [-0.39, 0.29) is 23.7 Å². The molecule has 1 aliphatic rings. The minimum absolute atomic E-state index is 0.0685. The number of benzene rings is 3. The zero-order valence-electron chi connectivity index (χ0n) is 20.2. The topological polar surface area (TPSA) is 58.6 Å². The van der Waals surface area contributed by atoms with Crippen molar-refractivity contribution in [1.82, 2.24) is 10.2 Å². The third kappa shape index (κ3) is 6.27. The normalized spacial score (nSPS) is 15.9. The lowest BCUT2D eigenvalue weighted by atomic mass is 10.0. The molecule has 0 radical (unpaired) electrons. The number of hydrogen-bond acceptors (Lipinski definition) is 3. The van der Waals surface area contributed by atoms with Crippen LogP contribution in [0, 0.1) is 5.82 Å². The zero-order chi connectivity index (χ0) is 24.8. The van der Waals surface area contributed by atoms with E-state index in [4.69, 9.17) is 4.74 Å². The lowest BCUT2D eigenvalue weighted by Crippen LogP contribution is -2.48. The van der Waals surface area contributed by atoms with Crippen molar-refractivity contribution < 1.29 is 18.7 Å². The zero-order valence-corrected chi connectivity index (χ0v) is 20.2. The molecule has 5 nitrogen and oxygen atoms in total. The van der Waals surface area contributed by atoms with Crippen LogP contribution in [0.4, 0.5) is 4.39 Å². The number of carbonyl (C=O) groups is 2. The largest absolute Gasteiger partial charge is 0.491 e. The molecule has 182 valence electrons. The van der Waals surface area contributed by atoms with E-state index in [1.807, 2.05) is 50.2 Å². The van der Waals surface area contributed by atoms with Gasteiger partial charge < -0.3 is 15.0 Å². The summed E-state index contributed by atoms with van der Waals surface area (Å²) >= 11 is 0. The second-order valence-electron chi connectivity index (χ2n) is 9.14. The Bertz CT molecular complexity index is 1180. The third-order valence-electron chi connectivity index (χ3n) is 6.06. The van der Waals surface area contributed by atoms with Gasteiger partial charge in [0.25, 0.3) is 5.91 Å². The Balaban J connectivity index is 1.65. The summed E-state index contributed by atoms with van der Waals surface area (Å²) in [5.74, 6) is 0.0715. The van der Waals surface area contributed by atoms with E-state index in [1.54, 1.807) is 29.2 Å². The number of ether oxygens (including phenoxy) is 1. The molecule has 3 aromatic carbocycles. The monoisotopic (exact) mass is 474 g/mol. The van der Waals surface area contributed by atoms with Crippen molar-refractivity contribution in [3.8, 4) is 16.9 Å². The van der Waals surface area contributed by atoms with Gasteiger partial charge in [0, 0.05) is 18.7 Å². The lowest BCUT2D eigenvalue weighted by molar-refractivity contribution is -0.125. The number of nitrogens with one attached hydrogen (secondary N) is 1. The fourth-order valence-electron chi connectivity index (χ4n) is 4.35. The van der Waals surface area contributed by atoms with Gasteiger partial charge in [0.1, 0.15) is 17.6 Å². The summed E-state index contributed by atoms with van der Waals surface area (Å²) in [6.45, 7) is 4.85. The molecule has 0 aliphatic carbocycles. The second kappa shape index (κ2) is 11.2. The second-order valence-corrected chi connectivity index (χ2v) is 9.14. The molecule has 4 rings (SSSR count). The summed E-state index contributed by atoms with van der Waals surface area (Å²) in [6.07, 6.45) is 2.42. The fourth-order valence-corrected chi connectivity index (χ4v) is 4.35. The van der Waals surface area contributed by atoms with Crippen molar-refractivity contribution in [3.63, 3.8) is 0 Å². The molecule has 1 atom stereocenters. The van der Waals surface area contributed by atoms with Crippen molar-refractivity contribution >= 4 is 11.8 Å². The summed E-state index contributed by atoms with van der Waals surface area (Å²) in [5, 5.41) is 2.95. The van der Waals surface area contributed by atoms with Crippen molar-refractivity contribution in [2.24, 2.45) is 0 Å². The Labute approximate surface area is 205 Å². The third-order valence-corrected chi connectivity index (χ3v) is 6.06. The molecule has 0 saturated carbocycles. The molecule has 1 fully saturated rings. The van der Waals surface area contributed by atoms with Gasteiger partial charge in [-0.3, -0.25) is 9.59 Å². The molecule has 1 heterocycles. The van der Waals surface area contributed by atoms with E-state index in [9.17, 15) is 14.0 Å². The molecule has 6 heteroatoms. The first kappa shape index (κ1) is 24.5. The first-order valence-electron chi connectivity index (χ1n) is 12.1. The summed E-state index contributed by atoms with van der Waals surface area (Å²) in [5.41, 5.74) is 2.81. The van der Waals surface area contributed by atoms with Gasteiger partial charge in [-0.2, -0.15) is 0 Å².